The predicted octanol–water partition coefficient (Wildman–Crippen LogP) is 4.44. The van der Waals surface area contributed by atoms with Crippen LogP contribution in [0.3, 0.4) is 0 Å². The van der Waals surface area contributed by atoms with Crippen LogP contribution < -0.4 is 0 Å². The molecule has 84 valence electrons. The molecule has 0 heteroatoms. The van der Waals surface area contributed by atoms with Gasteiger partial charge in [-0.15, -0.1) is 0 Å². The first-order chi connectivity index (χ1) is 7.66. The van der Waals surface area contributed by atoms with Gasteiger partial charge in [-0.05, 0) is 50.2 Å². The summed E-state index contributed by atoms with van der Waals surface area (Å²) in [6.45, 7) is 6.41. The van der Waals surface area contributed by atoms with Crippen LogP contribution in [0, 0.1) is 25.7 Å². The van der Waals surface area contributed by atoms with Crippen LogP contribution in [0.25, 0.3) is 0 Å². The summed E-state index contributed by atoms with van der Waals surface area (Å²) in [5, 5.41) is 0. The molecule has 2 aliphatic carbocycles. The molecule has 2 atom stereocenters. The SMILES string of the molecule is CC1=CC2CC2C=C1.Cc1ccccc1C. The van der Waals surface area contributed by atoms with E-state index in [0.717, 1.165) is 11.8 Å². The van der Waals surface area contributed by atoms with Crippen molar-refractivity contribution in [3.63, 3.8) is 0 Å². The molecule has 0 heterocycles. The summed E-state index contributed by atoms with van der Waals surface area (Å²) >= 11 is 0. The highest BCUT2D eigenvalue weighted by atomic mass is 14.4. The molecular weight excluding hydrogens is 192 g/mol. The maximum absolute atomic E-state index is 2.38. The molecule has 0 N–H and O–H groups in total. The first-order valence-corrected chi connectivity index (χ1v) is 6.05. The zero-order chi connectivity index (χ0) is 11.5. The first-order valence-electron chi connectivity index (χ1n) is 6.05. The van der Waals surface area contributed by atoms with E-state index >= 15 is 0 Å². The molecule has 0 radical (unpaired) electrons. The van der Waals surface area contributed by atoms with Crippen LogP contribution in [-0.2, 0) is 0 Å². The Morgan fingerprint density at radius 1 is 0.938 bits per heavy atom. The summed E-state index contributed by atoms with van der Waals surface area (Å²) in [6.07, 6.45) is 8.35. The molecule has 2 unspecified atom stereocenters. The zero-order valence-electron chi connectivity index (χ0n) is 10.4. The third-order valence-corrected chi connectivity index (χ3v) is 3.40. The molecule has 0 aliphatic heterocycles. The Balaban J connectivity index is 0.000000120. The summed E-state index contributed by atoms with van der Waals surface area (Å²) in [5.74, 6) is 1.86. The number of aryl methyl sites for hydroxylation is 2. The van der Waals surface area contributed by atoms with E-state index in [2.05, 4.69) is 63.3 Å². The van der Waals surface area contributed by atoms with Gasteiger partial charge in [0.2, 0.25) is 0 Å². The molecule has 3 rings (SSSR count). The van der Waals surface area contributed by atoms with Crippen molar-refractivity contribution < 1.29 is 0 Å². The number of allylic oxidation sites excluding steroid dienone is 4. The van der Waals surface area contributed by atoms with Gasteiger partial charge in [-0.25, -0.2) is 0 Å². The smallest absolute Gasteiger partial charge is 0.0159 e. The molecule has 0 nitrogen and oxygen atoms in total. The fourth-order valence-corrected chi connectivity index (χ4v) is 1.98. The second-order valence-corrected chi connectivity index (χ2v) is 4.92. The van der Waals surface area contributed by atoms with Gasteiger partial charge in [0.05, 0.1) is 0 Å². The third-order valence-electron chi connectivity index (χ3n) is 3.40. The number of rotatable bonds is 0. The van der Waals surface area contributed by atoms with Crippen LogP contribution >= 0.6 is 0 Å². The Kier molecular flexibility index (Phi) is 3.28. The number of hydrogen-bond donors (Lipinski definition) is 0. The minimum Gasteiger partial charge on any atom is -0.0806 e. The van der Waals surface area contributed by atoms with E-state index in [9.17, 15) is 0 Å². The van der Waals surface area contributed by atoms with Crippen molar-refractivity contribution in [3.05, 3.63) is 59.2 Å². The van der Waals surface area contributed by atoms with Crippen LogP contribution in [0.2, 0.25) is 0 Å². The van der Waals surface area contributed by atoms with Gasteiger partial charge in [0.1, 0.15) is 0 Å². The maximum Gasteiger partial charge on any atom is -0.0159 e. The molecule has 0 aromatic heterocycles. The Hall–Kier alpha value is -1.30. The summed E-state index contributed by atoms with van der Waals surface area (Å²) in [7, 11) is 0. The van der Waals surface area contributed by atoms with Crippen molar-refractivity contribution >= 4 is 0 Å². The number of benzene rings is 1. The van der Waals surface area contributed by atoms with Crippen molar-refractivity contribution in [1.29, 1.82) is 0 Å². The molecule has 1 saturated carbocycles. The van der Waals surface area contributed by atoms with E-state index in [-0.39, 0.29) is 0 Å². The predicted molar refractivity (Wildman–Crippen MR) is 70.4 cm³/mol. The van der Waals surface area contributed by atoms with Crippen LogP contribution in [0.4, 0.5) is 0 Å². The Labute approximate surface area is 98.7 Å². The lowest BCUT2D eigenvalue weighted by Gasteiger charge is -1.96. The quantitative estimate of drug-likeness (QED) is 0.596. The van der Waals surface area contributed by atoms with Gasteiger partial charge in [0, 0.05) is 0 Å². The minimum absolute atomic E-state index is 0.929. The van der Waals surface area contributed by atoms with E-state index in [0.29, 0.717) is 0 Å². The number of fused-ring (bicyclic) bond motifs is 1. The summed E-state index contributed by atoms with van der Waals surface area (Å²) in [5.41, 5.74) is 4.18. The lowest BCUT2D eigenvalue weighted by Crippen LogP contribution is -1.81. The van der Waals surface area contributed by atoms with E-state index in [4.69, 9.17) is 0 Å². The molecule has 0 amide bonds. The van der Waals surface area contributed by atoms with Gasteiger partial charge in [0.25, 0.3) is 0 Å². The average molecular weight is 212 g/mol. The van der Waals surface area contributed by atoms with Crippen molar-refractivity contribution in [1.82, 2.24) is 0 Å². The van der Waals surface area contributed by atoms with Gasteiger partial charge < -0.3 is 0 Å². The lowest BCUT2D eigenvalue weighted by molar-refractivity contribution is 0.964. The lowest BCUT2D eigenvalue weighted by atomic mass is 10.1. The zero-order valence-corrected chi connectivity index (χ0v) is 10.4. The first kappa shape index (κ1) is 11.2. The van der Waals surface area contributed by atoms with E-state index in [1.165, 1.54) is 23.1 Å². The standard InChI is InChI=1S/2C8H10/c1-6-2-3-7-5-8(7)4-6;1-7-5-3-4-6-8(7)2/h2-4,7-8H,5H2,1H3;3-6H,1-2H3. The molecule has 1 aromatic carbocycles. The summed E-state index contributed by atoms with van der Waals surface area (Å²) in [4.78, 5) is 0. The molecule has 2 aliphatic rings. The van der Waals surface area contributed by atoms with Crippen molar-refractivity contribution in [3.8, 4) is 0 Å². The Bertz CT molecular complexity index is 402. The molecular formula is C16H20. The van der Waals surface area contributed by atoms with E-state index < -0.39 is 0 Å². The monoisotopic (exact) mass is 212 g/mol. The Morgan fingerprint density at radius 3 is 2.00 bits per heavy atom. The molecule has 1 fully saturated rings. The van der Waals surface area contributed by atoms with Crippen LogP contribution in [0.5, 0.6) is 0 Å². The molecule has 16 heavy (non-hydrogen) atoms. The highest BCUT2D eigenvalue weighted by Crippen LogP contribution is 2.43. The van der Waals surface area contributed by atoms with E-state index in [1.54, 1.807) is 0 Å². The van der Waals surface area contributed by atoms with Gasteiger partial charge in [-0.3, -0.25) is 0 Å². The van der Waals surface area contributed by atoms with Gasteiger partial charge in [0.15, 0.2) is 0 Å². The topological polar surface area (TPSA) is 0 Å². The maximum atomic E-state index is 2.38. The summed E-state index contributed by atoms with van der Waals surface area (Å²) in [6, 6.07) is 8.36. The van der Waals surface area contributed by atoms with Gasteiger partial charge in [-0.2, -0.15) is 0 Å². The van der Waals surface area contributed by atoms with Crippen LogP contribution in [0.15, 0.2) is 48.1 Å². The number of hydrogen-bond acceptors (Lipinski definition) is 0. The highest BCUT2D eigenvalue weighted by molar-refractivity contribution is 5.28. The molecule has 0 bridgehead atoms. The largest absolute Gasteiger partial charge is 0.0806 e. The van der Waals surface area contributed by atoms with Crippen molar-refractivity contribution in [2.45, 2.75) is 27.2 Å². The molecule has 1 aromatic rings. The summed E-state index contributed by atoms with van der Waals surface area (Å²) < 4.78 is 0. The third kappa shape index (κ3) is 2.85. The fraction of sp³-hybridized carbons (Fsp3) is 0.375. The van der Waals surface area contributed by atoms with Crippen molar-refractivity contribution in [2.75, 3.05) is 0 Å². The fourth-order valence-electron chi connectivity index (χ4n) is 1.98. The molecule has 0 saturated heterocycles. The average Bonchev–Trinajstić information content (AvgIpc) is 3.01. The highest BCUT2D eigenvalue weighted by Gasteiger charge is 2.33. The van der Waals surface area contributed by atoms with Crippen LogP contribution in [-0.4, -0.2) is 0 Å². The van der Waals surface area contributed by atoms with Gasteiger partial charge >= 0.3 is 0 Å². The van der Waals surface area contributed by atoms with E-state index in [1.807, 2.05) is 0 Å². The van der Waals surface area contributed by atoms with Crippen LogP contribution in [0.1, 0.15) is 24.5 Å². The Morgan fingerprint density at radius 2 is 1.56 bits per heavy atom. The minimum atomic E-state index is 0.929. The normalized spacial score (nSPS) is 25.1. The second-order valence-electron chi connectivity index (χ2n) is 4.92. The second kappa shape index (κ2) is 4.69. The van der Waals surface area contributed by atoms with Gasteiger partial charge in [-0.1, -0.05) is 48.1 Å². The molecule has 0 spiro atoms. The van der Waals surface area contributed by atoms with Crippen molar-refractivity contribution in [2.24, 2.45) is 11.8 Å².